The molecule has 1 atom stereocenters. The molecule has 1 saturated heterocycles. The SMILES string of the molecule is CC1(C)CC12CNS(=O)(=O)OC2. The smallest absolute Gasteiger partial charge is 0.257 e. The van der Waals surface area contributed by atoms with Crippen LogP contribution in [-0.2, 0) is 14.5 Å². The van der Waals surface area contributed by atoms with Crippen molar-refractivity contribution in [3.05, 3.63) is 0 Å². The van der Waals surface area contributed by atoms with E-state index in [0.29, 0.717) is 13.2 Å². The molecule has 0 amide bonds. The maximum atomic E-state index is 10.8. The molecular weight excluding hydrogens is 178 g/mol. The normalized spacial score (nSPS) is 42.8. The third-order valence-electron chi connectivity index (χ3n) is 3.17. The number of nitrogens with one attached hydrogen (secondary N) is 1. The van der Waals surface area contributed by atoms with E-state index in [-0.39, 0.29) is 10.8 Å². The van der Waals surface area contributed by atoms with Crippen molar-refractivity contribution in [1.82, 2.24) is 4.72 Å². The molecule has 1 heterocycles. The predicted octanol–water partition coefficient (Wildman–Crippen LogP) is 0.267. The second kappa shape index (κ2) is 2.02. The molecule has 1 spiro atoms. The van der Waals surface area contributed by atoms with Crippen molar-refractivity contribution in [2.75, 3.05) is 13.2 Å². The van der Waals surface area contributed by atoms with Gasteiger partial charge in [-0.3, -0.25) is 4.18 Å². The Morgan fingerprint density at radius 1 is 1.42 bits per heavy atom. The summed E-state index contributed by atoms with van der Waals surface area (Å²) in [4.78, 5) is 0. The van der Waals surface area contributed by atoms with E-state index in [2.05, 4.69) is 18.6 Å². The van der Waals surface area contributed by atoms with Crippen molar-refractivity contribution < 1.29 is 12.6 Å². The summed E-state index contributed by atoms with van der Waals surface area (Å²) in [5, 5.41) is 0. The average molecular weight is 191 g/mol. The van der Waals surface area contributed by atoms with Crippen LogP contribution in [-0.4, -0.2) is 21.6 Å². The van der Waals surface area contributed by atoms with E-state index in [9.17, 15) is 8.42 Å². The highest BCUT2D eigenvalue weighted by molar-refractivity contribution is 7.84. The lowest BCUT2D eigenvalue weighted by atomic mass is 9.97. The molecule has 2 fully saturated rings. The van der Waals surface area contributed by atoms with Crippen LogP contribution in [0.15, 0.2) is 0 Å². The molecule has 1 saturated carbocycles. The minimum absolute atomic E-state index is 0.0678. The molecule has 2 rings (SSSR count). The van der Waals surface area contributed by atoms with Crippen LogP contribution in [0, 0.1) is 10.8 Å². The molecule has 0 aromatic rings. The first-order valence-electron chi connectivity index (χ1n) is 4.01. The molecule has 5 heteroatoms. The van der Waals surface area contributed by atoms with E-state index in [1.54, 1.807) is 0 Å². The fraction of sp³-hybridized carbons (Fsp3) is 1.00. The van der Waals surface area contributed by atoms with Crippen LogP contribution in [0.5, 0.6) is 0 Å². The van der Waals surface area contributed by atoms with Crippen molar-refractivity contribution in [3.8, 4) is 0 Å². The summed E-state index contributed by atoms with van der Waals surface area (Å²) >= 11 is 0. The fourth-order valence-electron chi connectivity index (χ4n) is 1.86. The molecule has 2 aliphatic rings. The quantitative estimate of drug-likeness (QED) is 0.598. The van der Waals surface area contributed by atoms with Crippen LogP contribution in [0.2, 0.25) is 0 Å². The third-order valence-corrected chi connectivity index (χ3v) is 4.09. The lowest BCUT2D eigenvalue weighted by molar-refractivity contribution is 0.179. The Labute approximate surface area is 72.6 Å². The minimum atomic E-state index is -3.41. The second-order valence-corrected chi connectivity index (χ2v) is 5.81. The Morgan fingerprint density at radius 2 is 2.00 bits per heavy atom. The zero-order valence-corrected chi connectivity index (χ0v) is 8.07. The first kappa shape index (κ1) is 8.47. The van der Waals surface area contributed by atoms with Gasteiger partial charge >= 0.3 is 10.3 Å². The first-order chi connectivity index (χ1) is 5.37. The molecule has 1 aliphatic carbocycles. The van der Waals surface area contributed by atoms with Gasteiger partial charge in [0.1, 0.15) is 0 Å². The molecule has 0 aromatic heterocycles. The van der Waals surface area contributed by atoms with Gasteiger partial charge in [-0.2, -0.15) is 13.1 Å². The van der Waals surface area contributed by atoms with Crippen LogP contribution in [0.4, 0.5) is 0 Å². The van der Waals surface area contributed by atoms with Crippen LogP contribution < -0.4 is 4.72 Å². The topological polar surface area (TPSA) is 55.4 Å². The van der Waals surface area contributed by atoms with E-state index in [1.165, 1.54) is 0 Å². The highest BCUT2D eigenvalue weighted by Crippen LogP contribution is 2.63. The standard InChI is InChI=1S/C7H13NO3S/c1-6(2)3-7(6)4-8-12(9,10)11-5-7/h8H,3-5H2,1-2H3. The Bertz CT molecular complexity index is 293. The van der Waals surface area contributed by atoms with Crippen LogP contribution >= 0.6 is 0 Å². The summed E-state index contributed by atoms with van der Waals surface area (Å²) in [7, 11) is -3.41. The molecule has 0 aromatic carbocycles. The maximum Gasteiger partial charge on any atom is 0.335 e. The van der Waals surface area contributed by atoms with Crippen molar-refractivity contribution in [3.63, 3.8) is 0 Å². The molecule has 1 unspecified atom stereocenters. The monoisotopic (exact) mass is 191 g/mol. The van der Waals surface area contributed by atoms with Gasteiger partial charge < -0.3 is 0 Å². The highest BCUT2D eigenvalue weighted by atomic mass is 32.2. The van der Waals surface area contributed by atoms with Crippen molar-refractivity contribution in [1.29, 1.82) is 0 Å². The van der Waals surface area contributed by atoms with E-state index in [4.69, 9.17) is 4.18 Å². The van der Waals surface area contributed by atoms with Gasteiger partial charge in [0.05, 0.1) is 6.61 Å². The number of rotatable bonds is 0. The molecule has 4 nitrogen and oxygen atoms in total. The molecule has 0 radical (unpaired) electrons. The zero-order valence-electron chi connectivity index (χ0n) is 7.25. The molecule has 1 aliphatic heterocycles. The highest BCUT2D eigenvalue weighted by Gasteiger charge is 2.63. The van der Waals surface area contributed by atoms with Crippen molar-refractivity contribution in [2.24, 2.45) is 10.8 Å². The van der Waals surface area contributed by atoms with Gasteiger partial charge in [0.25, 0.3) is 0 Å². The van der Waals surface area contributed by atoms with Crippen LogP contribution in [0.25, 0.3) is 0 Å². The van der Waals surface area contributed by atoms with Gasteiger partial charge in [-0.05, 0) is 11.8 Å². The van der Waals surface area contributed by atoms with Crippen molar-refractivity contribution >= 4 is 10.3 Å². The molecule has 0 bridgehead atoms. The van der Waals surface area contributed by atoms with Crippen LogP contribution in [0.3, 0.4) is 0 Å². The van der Waals surface area contributed by atoms with Gasteiger partial charge in [0.15, 0.2) is 0 Å². The summed E-state index contributed by atoms with van der Waals surface area (Å²) in [5.74, 6) is 0. The van der Waals surface area contributed by atoms with Gasteiger partial charge in [-0.1, -0.05) is 13.8 Å². The van der Waals surface area contributed by atoms with E-state index >= 15 is 0 Å². The van der Waals surface area contributed by atoms with Crippen molar-refractivity contribution in [2.45, 2.75) is 20.3 Å². The summed E-state index contributed by atoms with van der Waals surface area (Å²) in [6.07, 6.45) is 1.04. The van der Waals surface area contributed by atoms with Gasteiger partial charge in [0, 0.05) is 12.0 Å². The maximum absolute atomic E-state index is 10.8. The zero-order chi connectivity index (χ0) is 9.04. The second-order valence-electron chi connectivity index (χ2n) is 4.38. The van der Waals surface area contributed by atoms with Gasteiger partial charge in [-0.15, -0.1) is 0 Å². The van der Waals surface area contributed by atoms with Gasteiger partial charge in [0.2, 0.25) is 0 Å². The van der Waals surface area contributed by atoms with E-state index < -0.39 is 10.3 Å². The minimum Gasteiger partial charge on any atom is -0.257 e. The Hall–Kier alpha value is -0.130. The summed E-state index contributed by atoms with van der Waals surface area (Å²) in [6.45, 7) is 5.14. The van der Waals surface area contributed by atoms with E-state index in [0.717, 1.165) is 6.42 Å². The lowest BCUT2D eigenvalue weighted by Gasteiger charge is -2.25. The Balaban J connectivity index is 2.11. The lowest BCUT2D eigenvalue weighted by Crippen LogP contribution is -2.42. The van der Waals surface area contributed by atoms with Crippen LogP contribution in [0.1, 0.15) is 20.3 Å². The molecule has 12 heavy (non-hydrogen) atoms. The molecule has 1 N–H and O–H groups in total. The number of hydrogen-bond acceptors (Lipinski definition) is 3. The van der Waals surface area contributed by atoms with Gasteiger partial charge in [-0.25, -0.2) is 0 Å². The predicted molar refractivity (Wildman–Crippen MR) is 43.7 cm³/mol. The first-order valence-corrected chi connectivity index (χ1v) is 5.42. The molecular formula is C7H13NO3S. The Morgan fingerprint density at radius 3 is 2.33 bits per heavy atom. The summed E-state index contributed by atoms with van der Waals surface area (Å²) < 4.78 is 28.8. The molecule has 70 valence electrons. The average Bonchev–Trinajstić information content (AvgIpc) is 2.45. The van der Waals surface area contributed by atoms with E-state index in [1.807, 2.05) is 0 Å². The third kappa shape index (κ3) is 1.08. The Kier molecular flexibility index (Phi) is 1.43. The number of hydrogen-bond donors (Lipinski definition) is 1. The summed E-state index contributed by atoms with van der Waals surface area (Å²) in [5.41, 5.74) is 0.300. The summed E-state index contributed by atoms with van der Waals surface area (Å²) in [6, 6.07) is 0. The largest absolute Gasteiger partial charge is 0.335 e. The fourth-order valence-corrected chi connectivity index (χ4v) is 2.78.